The van der Waals surface area contributed by atoms with Gasteiger partial charge in [-0.3, -0.25) is 4.79 Å². The lowest BCUT2D eigenvalue weighted by Crippen LogP contribution is -2.69. The Morgan fingerprint density at radius 3 is 2.41 bits per heavy atom. The van der Waals surface area contributed by atoms with Crippen LogP contribution in [0.4, 0.5) is 0 Å². The summed E-state index contributed by atoms with van der Waals surface area (Å²) in [6.07, 6.45) is 8.50. The lowest BCUT2D eigenvalue weighted by atomic mass is 9.34. The van der Waals surface area contributed by atoms with Gasteiger partial charge in [0, 0.05) is 16.4 Å². The smallest absolute Gasteiger partial charge is 0.307 e. The molecule has 3 saturated carbocycles. The van der Waals surface area contributed by atoms with Crippen LogP contribution in [0, 0.1) is 62.6 Å². The lowest BCUT2D eigenvalue weighted by Gasteiger charge is -2.71. The highest BCUT2D eigenvalue weighted by Crippen LogP contribution is 2.75. The van der Waals surface area contributed by atoms with Gasteiger partial charge in [-0.25, -0.2) is 18.1 Å². The lowest BCUT2D eigenvalue weighted by molar-refractivity contribution is -0.253. The van der Waals surface area contributed by atoms with E-state index in [9.17, 15) is 18.3 Å². The van der Waals surface area contributed by atoms with Gasteiger partial charge in [0.2, 0.25) is 15.0 Å². The van der Waals surface area contributed by atoms with Gasteiger partial charge >= 0.3 is 5.97 Å². The number of carbonyl (C=O) groups is 1. The average Bonchev–Trinajstić information content (AvgIpc) is 3.55. The van der Waals surface area contributed by atoms with Gasteiger partial charge in [0.15, 0.2) is 0 Å². The Balaban J connectivity index is 1.49. The normalized spacial score (nSPS) is 42.7. The quantitative estimate of drug-likeness (QED) is 0.244. The number of sulfone groups is 1. The molecule has 4 aliphatic carbocycles. The standard InChI is InChI=1S/C40H66N4O6S/c1-12-51(47,48)34-42-23-43-44(34)29-19-40-22-49-20-36(8,32(29)50-21-39(11,41)25(4)5)30(40)14-13-27-28(40)15-16-38(10)31(33(45)46)35(7,26(6)24(2)3)17-18-37(27,38)9/h15,23-27,29-32H,12-14,16-22,41H2,1-11H3,(H,45,46)/t26-,27+,29-,30+,31-,32+,35-,36+,37-,38+,39+,40+/m1/s1. The summed E-state index contributed by atoms with van der Waals surface area (Å²) in [4.78, 5) is 17.8. The van der Waals surface area contributed by atoms with Crippen molar-refractivity contribution < 1.29 is 27.8 Å². The SMILES string of the molecule is CCS(=O)(=O)c1ncnn1[C@@H]1C[C@@]23COC[C@@](C)([C@@H]2CC[C@H]2C3=CC[C@@]3(C)[C@H](C(=O)O)[C@@](C)([C@H](C)C(C)C)CC[C@]23C)[C@H]1OC[C@](C)(N)C(C)C. The molecule has 288 valence electrons. The fourth-order valence-electron chi connectivity index (χ4n) is 12.4. The van der Waals surface area contributed by atoms with Crippen LogP contribution >= 0.6 is 0 Å². The predicted octanol–water partition coefficient (Wildman–Crippen LogP) is 6.96. The van der Waals surface area contributed by atoms with Crippen LogP contribution in [0.1, 0.15) is 121 Å². The van der Waals surface area contributed by atoms with Crippen LogP contribution in [0.3, 0.4) is 0 Å². The summed E-state index contributed by atoms with van der Waals surface area (Å²) >= 11 is 0. The second-order valence-corrected chi connectivity index (χ2v) is 21.6. The van der Waals surface area contributed by atoms with E-state index in [1.807, 2.05) is 6.92 Å². The summed E-state index contributed by atoms with van der Waals surface area (Å²) in [6.45, 7) is 25.1. The number of hydrogen-bond acceptors (Lipinski definition) is 8. The van der Waals surface area contributed by atoms with Crippen molar-refractivity contribution in [2.45, 2.75) is 138 Å². The third-order valence-electron chi connectivity index (χ3n) is 16.5. The second-order valence-electron chi connectivity index (χ2n) is 19.4. The van der Waals surface area contributed by atoms with Gasteiger partial charge in [-0.05, 0) is 91.3 Å². The molecule has 11 heteroatoms. The fraction of sp³-hybridized carbons (Fsp3) is 0.875. The number of nitrogens with two attached hydrogens (primary N) is 1. The van der Waals surface area contributed by atoms with Gasteiger partial charge in [0.05, 0.1) is 43.6 Å². The van der Waals surface area contributed by atoms with E-state index in [1.165, 1.54) is 11.9 Å². The maximum Gasteiger partial charge on any atom is 0.307 e. The number of carboxylic acid groups (broad SMARTS) is 1. The van der Waals surface area contributed by atoms with E-state index in [0.717, 1.165) is 25.7 Å². The van der Waals surface area contributed by atoms with Crippen LogP contribution in [-0.4, -0.2) is 71.5 Å². The number of allylic oxidation sites excluding steroid dienone is 1. The first-order valence-electron chi connectivity index (χ1n) is 19.6. The van der Waals surface area contributed by atoms with Gasteiger partial charge in [-0.2, -0.15) is 5.10 Å². The summed E-state index contributed by atoms with van der Waals surface area (Å²) in [5.74, 6) is 0.0419. The molecule has 5 aliphatic rings. The summed E-state index contributed by atoms with van der Waals surface area (Å²) < 4.78 is 42.2. The molecular weight excluding hydrogens is 665 g/mol. The highest BCUT2D eigenvalue weighted by molar-refractivity contribution is 7.91. The summed E-state index contributed by atoms with van der Waals surface area (Å²) in [7, 11) is -3.68. The second kappa shape index (κ2) is 12.6. The molecule has 0 spiro atoms. The number of fused-ring (bicyclic) bond motifs is 3. The molecule has 0 amide bonds. The van der Waals surface area contributed by atoms with E-state index >= 15 is 0 Å². The third kappa shape index (κ3) is 5.46. The number of aromatic nitrogens is 3. The van der Waals surface area contributed by atoms with Crippen LogP contribution < -0.4 is 5.73 Å². The van der Waals surface area contributed by atoms with Crippen LogP contribution in [0.15, 0.2) is 23.1 Å². The van der Waals surface area contributed by atoms with E-state index in [2.05, 4.69) is 78.5 Å². The minimum atomic E-state index is -3.68. The minimum absolute atomic E-state index is 0.0138. The molecule has 4 fully saturated rings. The van der Waals surface area contributed by atoms with Crippen molar-refractivity contribution >= 4 is 15.8 Å². The molecule has 12 atom stereocenters. The average molecular weight is 731 g/mol. The maximum atomic E-state index is 13.5. The first kappa shape index (κ1) is 38.9. The van der Waals surface area contributed by atoms with E-state index in [1.54, 1.807) is 11.6 Å². The van der Waals surface area contributed by atoms with Crippen molar-refractivity contribution in [1.29, 1.82) is 0 Å². The van der Waals surface area contributed by atoms with Crippen molar-refractivity contribution in [2.75, 3.05) is 25.6 Å². The van der Waals surface area contributed by atoms with Gasteiger partial charge in [-0.1, -0.05) is 80.9 Å². The molecule has 51 heavy (non-hydrogen) atoms. The number of nitrogens with zero attached hydrogens (tertiary/aromatic N) is 3. The highest BCUT2D eigenvalue weighted by atomic mass is 32.2. The van der Waals surface area contributed by atoms with E-state index < -0.39 is 50.2 Å². The molecule has 1 aromatic rings. The molecule has 0 radical (unpaired) electrons. The molecular formula is C40H66N4O6S. The highest BCUT2D eigenvalue weighted by Gasteiger charge is 2.72. The van der Waals surface area contributed by atoms with Crippen molar-refractivity contribution in [2.24, 2.45) is 68.3 Å². The largest absolute Gasteiger partial charge is 0.481 e. The first-order chi connectivity index (χ1) is 23.6. The zero-order valence-electron chi connectivity index (χ0n) is 33.2. The Hall–Kier alpha value is -1.82. The van der Waals surface area contributed by atoms with Crippen LogP contribution in [-0.2, 0) is 24.1 Å². The number of rotatable bonds is 10. The van der Waals surface area contributed by atoms with Crippen molar-refractivity contribution in [3.63, 3.8) is 0 Å². The summed E-state index contributed by atoms with van der Waals surface area (Å²) in [5.41, 5.74) is 5.79. The van der Waals surface area contributed by atoms with Crippen molar-refractivity contribution in [1.82, 2.24) is 14.8 Å². The molecule has 2 heterocycles. The molecule has 10 nitrogen and oxygen atoms in total. The molecule has 0 unspecified atom stereocenters. The van der Waals surface area contributed by atoms with Crippen molar-refractivity contribution in [3.05, 3.63) is 18.0 Å². The summed E-state index contributed by atoms with van der Waals surface area (Å²) in [5, 5.41) is 15.7. The van der Waals surface area contributed by atoms with Gasteiger partial charge in [-0.15, -0.1) is 0 Å². The molecule has 3 N–H and O–H groups in total. The number of carboxylic acids is 1. The van der Waals surface area contributed by atoms with E-state index in [0.29, 0.717) is 38.6 Å². The molecule has 1 saturated heterocycles. The molecule has 2 bridgehead atoms. The van der Waals surface area contributed by atoms with Gasteiger partial charge in [0.1, 0.15) is 6.33 Å². The van der Waals surface area contributed by atoms with Crippen LogP contribution in [0.25, 0.3) is 0 Å². The Bertz CT molecular complexity index is 1650. The monoisotopic (exact) mass is 730 g/mol. The van der Waals surface area contributed by atoms with Gasteiger partial charge < -0.3 is 20.3 Å². The van der Waals surface area contributed by atoms with Crippen LogP contribution in [0.5, 0.6) is 0 Å². The Kier molecular flexibility index (Phi) is 9.62. The van der Waals surface area contributed by atoms with Crippen LogP contribution in [0.2, 0.25) is 0 Å². The minimum Gasteiger partial charge on any atom is -0.481 e. The molecule has 1 aliphatic heterocycles. The predicted molar refractivity (Wildman–Crippen MR) is 198 cm³/mol. The Morgan fingerprint density at radius 1 is 1.12 bits per heavy atom. The number of aliphatic carboxylic acids is 1. The molecule has 6 rings (SSSR count). The zero-order valence-corrected chi connectivity index (χ0v) is 34.0. The van der Waals surface area contributed by atoms with Gasteiger partial charge in [0.25, 0.3) is 0 Å². The topological polar surface area (TPSA) is 147 Å². The number of ether oxygens (including phenoxy) is 2. The summed E-state index contributed by atoms with van der Waals surface area (Å²) in [6, 6.07) is -0.411. The van der Waals surface area contributed by atoms with E-state index in [-0.39, 0.29) is 50.8 Å². The number of hydrogen-bond donors (Lipinski definition) is 2. The van der Waals surface area contributed by atoms with Crippen molar-refractivity contribution in [3.8, 4) is 0 Å². The molecule has 0 aromatic carbocycles. The Morgan fingerprint density at radius 2 is 1.80 bits per heavy atom. The Labute approximate surface area is 307 Å². The zero-order chi connectivity index (χ0) is 37.7. The van der Waals surface area contributed by atoms with E-state index in [4.69, 9.17) is 15.2 Å². The maximum absolute atomic E-state index is 13.5. The third-order valence-corrected chi connectivity index (χ3v) is 18.1. The fourth-order valence-corrected chi connectivity index (χ4v) is 13.3. The molecule has 1 aromatic heterocycles. The first-order valence-corrected chi connectivity index (χ1v) is 21.3.